The molecule has 4 rings (SSSR count). The molecule has 36 heavy (non-hydrogen) atoms. The quantitative estimate of drug-likeness (QED) is 0.416. The minimum Gasteiger partial charge on any atom is -0.387 e. The molecular formula is C30H36O6. The van der Waals surface area contributed by atoms with Gasteiger partial charge in [-0.1, -0.05) is 91.0 Å². The Morgan fingerprint density at radius 3 is 1.19 bits per heavy atom. The number of benzene rings is 3. The highest BCUT2D eigenvalue weighted by Crippen LogP contribution is 2.32. The Morgan fingerprint density at radius 2 is 0.861 bits per heavy atom. The van der Waals surface area contributed by atoms with E-state index in [-0.39, 0.29) is 25.9 Å². The Morgan fingerprint density at radius 1 is 0.528 bits per heavy atom. The molecule has 2 N–H and O–H groups in total. The van der Waals surface area contributed by atoms with Crippen LogP contribution in [0.3, 0.4) is 0 Å². The minimum atomic E-state index is -1.12. The van der Waals surface area contributed by atoms with E-state index in [9.17, 15) is 10.2 Å². The van der Waals surface area contributed by atoms with Gasteiger partial charge < -0.3 is 29.2 Å². The summed E-state index contributed by atoms with van der Waals surface area (Å²) in [6.45, 7) is 4.64. The van der Waals surface area contributed by atoms with E-state index >= 15 is 0 Å². The number of hydrogen-bond donors (Lipinski definition) is 2. The predicted molar refractivity (Wildman–Crippen MR) is 137 cm³/mol. The van der Waals surface area contributed by atoms with E-state index in [1.807, 2.05) is 105 Å². The third kappa shape index (κ3) is 7.01. The van der Waals surface area contributed by atoms with Crippen LogP contribution in [0.25, 0.3) is 0 Å². The van der Waals surface area contributed by atoms with Crippen LogP contribution in [0.1, 0.15) is 30.5 Å². The Bertz CT molecular complexity index is 956. The first-order valence-corrected chi connectivity index (χ1v) is 12.5. The summed E-state index contributed by atoms with van der Waals surface area (Å²) in [6.07, 6.45) is -5.55. The van der Waals surface area contributed by atoms with Crippen molar-refractivity contribution in [3.05, 3.63) is 108 Å². The summed E-state index contributed by atoms with van der Waals surface area (Å²) in [7, 11) is 0. The van der Waals surface area contributed by atoms with Crippen molar-refractivity contribution >= 4 is 0 Å². The molecule has 0 saturated heterocycles. The second-order valence-corrected chi connectivity index (χ2v) is 9.41. The van der Waals surface area contributed by atoms with E-state index in [4.69, 9.17) is 18.9 Å². The van der Waals surface area contributed by atoms with Crippen molar-refractivity contribution in [2.45, 2.75) is 76.4 Å². The van der Waals surface area contributed by atoms with Gasteiger partial charge in [-0.25, -0.2) is 0 Å². The minimum absolute atomic E-state index is 0.165. The van der Waals surface area contributed by atoms with E-state index in [0.29, 0.717) is 0 Å². The molecule has 6 nitrogen and oxygen atoms in total. The fourth-order valence-electron chi connectivity index (χ4n) is 4.50. The summed E-state index contributed by atoms with van der Waals surface area (Å²) >= 11 is 0. The second kappa shape index (κ2) is 13.1. The number of aliphatic hydroxyl groups is 2. The smallest absolute Gasteiger partial charge is 0.115 e. The Kier molecular flexibility index (Phi) is 9.64. The van der Waals surface area contributed by atoms with Crippen molar-refractivity contribution < 1.29 is 29.2 Å². The molecule has 0 spiro atoms. The maximum Gasteiger partial charge on any atom is 0.115 e. The van der Waals surface area contributed by atoms with Crippen LogP contribution >= 0.6 is 0 Å². The van der Waals surface area contributed by atoms with Crippen molar-refractivity contribution in [3.8, 4) is 0 Å². The zero-order valence-electron chi connectivity index (χ0n) is 20.9. The molecule has 3 aromatic carbocycles. The van der Waals surface area contributed by atoms with E-state index in [0.717, 1.165) is 16.7 Å². The highest BCUT2D eigenvalue weighted by molar-refractivity contribution is 5.16. The average Bonchev–Trinajstić information content (AvgIpc) is 2.90. The zero-order valence-corrected chi connectivity index (χ0v) is 20.9. The topological polar surface area (TPSA) is 77.4 Å². The molecule has 1 aliphatic carbocycles. The van der Waals surface area contributed by atoms with Crippen LogP contribution in [0, 0.1) is 0 Å². The van der Waals surface area contributed by atoms with E-state index < -0.39 is 36.6 Å². The highest BCUT2D eigenvalue weighted by Gasteiger charge is 2.53. The van der Waals surface area contributed by atoms with Gasteiger partial charge in [0.2, 0.25) is 0 Å². The standard InChI is InChI=1S/C30H36O6/c1-21(2)36-30-28(34-19-23-14-8-4-9-15-23)25(31)27(33-18-22-12-6-3-7-13-22)26(32)29(30)35-20-24-16-10-5-11-17-24/h3-17,21,25-32H,18-20H2,1-2H3/t25-,26+,27?,28+,29-,30?. The van der Waals surface area contributed by atoms with Gasteiger partial charge in [0.1, 0.15) is 36.6 Å². The number of aliphatic hydroxyl groups excluding tert-OH is 2. The molecule has 1 aliphatic rings. The summed E-state index contributed by atoms with van der Waals surface area (Å²) < 4.78 is 24.8. The van der Waals surface area contributed by atoms with Crippen molar-refractivity contribution in [3.63, 3.8) is 0 Å². The van der Waals surface area contributed by atoms with Gasteiger partial charge >= 0.3 is 0 Å². The molecule has 0 aromatic heterocycles. The van der Waals surface area contributed by atoms with Gasteiger partial charge in [0.15, 0.2) is 0 Å². The Balaban J connectivity index is 1.57. The normalized spacial score (nSPS) is 26.2. The first-order valence-electron chi connectivity index (χ1n) is 12.5. The van der Waals surface area contributed by atoms with Gasteiger partial charge in [0.05, 0.1) is 25.9 Å². The van der Waals surface area contributed by atoms with Gasteiger partial charge in [0.25, 0.3) is 0 Å². The number of ether oxygens (including phenoxy) is 4. The molecule has 1 saturated carbocycles. The van der Waals surface area contributed by atoms with Gasteiger partial charge in [-0.05, 0) is 30.5 Å². The molecule has 0 bridgehead atoms. The molecule has 0 aliphatic heterocycles. The first-order chi connectivity index (χ1) is 17.5. The van der Waals surface area contributed by atoms with Crippen molar-refractivity contribution in [1.29, 1.82) is 0 Å². The number of rotatable bonds is 11. The largest absolute Gasteiger partial charge is 0.387 e. The highest BCUT2D eigenvalue weighted by atomic mass is 16.6. The lowest BCUT2D eigenvalue weighted by Crippen LogP contribution is -2.66. The average molecular weight is 493 g/mol. The van der Waals surface area contributed by atoms with Crippen LogP contribution < -0.4 is 0 Å². The first kappa shape index (κ1) is 26.5. The molecule has 6 atom stereocenters. The predicted octanol–water partition coefficient (Wildman–Crippen LogP) is 4.27. The van der Waals surface area contributed by atoms with Crippen molar-refractivity contribution in [2.24, 2.45) is 0 Å². The zero-order chi connectivity index (χ0) is 25.3. The van der Waals surface area contributed by atoms with E-state index in [1.165, 1.54) is 0 Å². The molecule has 0 amide bonds. The molecule has 192 valence electrons. The van der Waals surface area contributed by atoms with Gasteiger partial charge in [-0.3, -0.25) is 0 Å². The summed E-state index contributed by atoms with van der Waals surface area (Å²) in [5.74, 6) is 0. The van der Waals surface area contributed by atoms with Gasteiger partial charge in [0, 0.05) is 0 Å². The van der Waals surface area contributed by atoms with E-state index in [1.54, 1.807) is 0 Å². The molecule has 3 aromatic rings. The van der Waals surface area contributed by atoms with Crippen LogP contribution in [0.15, 0.2) is 91.0 Å². The lowest BCUT2D eigenvalue weighted by atomic mass is 9.84. The van der Waals surface area contributed by atoms with Crippen LogP contribution in [0.4, 0.5) is 0 Å². The monoisotopic (exact) mass is 492 g/mol. The Labute approximate surface area is 213 Å². The van der Waals surface area contributed by atoms with Crippen LogP contribution in [0.5, 0.6) is 0 Å². The van der Waals surface area contributed by atoms with Gasteiger partial charge in [-0.2, -0.15) is 0 Å². The fraction of sp³-hybridized carbons (Fsp3) is 0.400. The Hall–Kier alpha value is -2.58. The molecule has 0 heterocycles. The summed E-state index contributed by atoms with van der Waals surface area (Å²) in [5.41, 5.74) is 2.89. The molecule has 2 unspecified atom stereocenters. The summed E-state index contributed by atoms with van der Waals surface area (Å²) in [4.78, 5) is 0. The SMILES string of the molecule is CC(C)OC1[C@@H](OCc2ccccc2)[C@H](O)C(OCc2ccccc2)[C@H](O)[C@H]1OCc1ccccc1. The lowest BCUT2D eigenvalue weighted by Gasteiger charge is -2.47. The second-order valence-electron chi connectivity index (χ2n) is 9.41. The van der Waals surface area contributed by atoms with Crippen molar-refractivity contribution in [2.75, 3.05) is 0 Å². The number of hydrogen-bond acceptors (Lipinski definition) is 6. The van der Waals surface area contributed by atoms with Crippen LogP contribution in [0.2, 0.25) is 0 Å². The molecule has 1 fully saturated rings. The summed E-state index contributed by atoms with van der Waals surface area (Å²) in [6, 6.07) is 29.2. The van der Waals surface area contributed by atoms with Crippen LogP contribution in [-0.2, 0) is 38.8 Å². The summed E-state index contributed by atoms with van der Waals surface area (Å²) in [5, 5.41) is 22.8. The van der Waals surface area contributed by atoms with Crippen molar-refractivity contribution in [1.82, 2.24) is 0 Å². The third-order valence-electron chi connectivity index (χ3n) is 6.28. The molecule has 6 heteroatoms. The van der Waals surface area contributed by atoms with Crippen LogP contribution in [-0.4, -0.2) is 52.9 Å². The lowest BCUT2D eigenvalue weighted by molar-refractivity contribution is -0.276. The van der Waals surface area contributed by atoms with Gasteiger partial charge in [-0.15, -0.1) is 0 Å². The maximum atomic E-state index is 11.4. The molecular weight excluding hydrogens is 456 g/mol. The third-order valence-corrected chi connectivity index (χ3v) is 6.28. The maximum absolute atomic E-state index is 11.4. The van der Waals surface area contributed by atoms with E-state index in [2.05, 4.69) is 0 Å². The fourth-order valence-corrected chi connectivity index (χ4v) is 4.50. The molecule has 0 radical (unpaired) electrons.